The molecule has 3 N–H and O–H groups in total. The fourth-order valence-electron chi connectivity index (χ4n) is 2.79. The van der Waals surface area contributed by atoms with Crippen molar-refractivity contribution in [3.05, 3.63) is 0 Å². The van der Waals surface area contributed by atoms with Crippen LogP contribution in [0.1, 0.15) is 59.3 Å². The molecule has 1 amide bonds. The van der Waals surface area contributed by atoms with Gasteiger partial charge in [0.15, 0.2) is 0 Å². The third kappa shape index (κ3) is 4.30. The molecule has 1 aliphatic rings. The number of hydrogen-bond acceptors (Lipinski definition) is 2. The molecule has 100 valence electrons. The average Bonchev–Trinajstić information content (AvgIpc) is 2.23. The molecule has 17 heavy (non-hydrogen) atoms. The Kier molecular flexibility index (Phi) is 4.99. The van der Waals surface area contributed by atoms with E-state index in [0.29, 0.717) is 18.5 Å². The molecule has 1 rings (SSSR count). The first-order chi connectivity index (χ1) is 7.90. The molecule has 0 aromatic carbocycles. The Morgan fingerprint density at radius 1 is 1.12 bits per heavy atom. The lowest BCUT2D eigenvalue weighted by molar-refractivity contribution is -0.131. The van der Waals surface area contributed by atoms with Crippen LogP contribution in [0, 0.1) is 10.8 Å². The second-order valence-electron chi connectivity index (χ2n) is 6.48. The molecule has 1 fully saturated rings. The summed E-state index contributed by atoms with van der Waals surface area (Å²) in [7, 11) is 0. The lowest BCUT2D eigenvalue weighted by Gasteiger charge is -2.35. The van der Waals surface area contributed by atoms with Gasteiger partial charge in [0.25, 0.3) is 0 Å². The van der Waals surface area contributed by atoms with Crippen molar-refractivity contribution in [1.29, 1.82) is 0 Å². The van der Waals surface area contributed by atoms with Gasteiger partial charge in [-0.25, -0.2) is 0 Å². The lowest BCUT2D eigenvalue weighted by Crippen LogP contribution is -2.41. The van der Waals surface area contributed by atoms with E-state index in [9.17, 15) is 4.79 Å². The second kappa shape index (κ2) is 5.85. The van der Waals surface area contributed by atoms with Gasteiger partial charge in [0.2, 0.25) is 5.91 Å². The molecule has 0 radical (unpaired) electrons. The normalized spacial score (nSPS) is 23.5. The highest BCUT2D eigenvalue weighted by Crippen LogP contribution is 2.40. The molecule has 0 atom stereocenters. The molecule has 0 saturated heterocycles. The van der Waals surface area contributed by atoms with Crippen molar-refractivity contribution in [2.45, 2.75) is 59.3 Å². The molecule has 1 saturated carbocycles. The summed E-state index contributed by atoms with van der Waals surface area (Å²) in [6.45, 7) is 7.90. The standard InChI is InChI=1S/C14H28N2O/c1-13(2)6-4-8-14(3,9-5-7-13)12(17)16-11-10-15/h4-11,15H2,1-3H3,(H,16,17). The maximum Gasteiger partial charge on any atom is 0.225 e. The van der Waals surface area contributed by atoms with Gasteiger partial charge in [0.05, 0.1) is 0 Å². The molecule has 3 nitrogen and oxygen atoms in total. The molecule has 0 bridgehead atoms. The molecule has 0 heterocycles. The third-order valence-electron chi connectivity index (χ3n) is 4.14. The van der Waals surface area contributed by atoms with Crippen LogP contribution in [0.4, 0.5) is 0 Å². The van der Waals surface area contributed by atoms with Gasteiger partial charge in [0, 0.05) is 18.5 Å². The summed E-state index contributed by atoms with van der Waals surface area (Å²) in [4.78, 5) is 12.1. The molecule has 0 spiro atoms. The summed E-state index contributed by atoms with van der Waals surface area (Å²) in [5.41, 5.74) is 5.70. The van der Waals surface area contributed by atoms with E-state index in [1.54, 1.807) is 0 Å². The molecule has 0 unspecified atom stereocenters. The highest BCUT2D eigenvalue weighted by molar-refractivity contribution is 5.82. The van der Waals surface area contributed by atoms with E-state index in [2.05, 4.69) is 26.1 Å². The zero-order chi connectivity index (χ0) is 12.9. The predicted molar refractivity (Wildman–Crippen MR) is 71.7 cm³/mol. The minimum atomic E-state index is -0.175. The number of hydrogen-bond donors (Lipinski definition) is 2. The van der Waals surface area contributed by atoms with Gasteiger partial charge in [-0.1, -0.05) is 33.6 Å². The summed E-state index contributed by atoms with van der Waals surface area (Å²) in [5, 5.41) is 2.95. The molecule has 3 heteroatoms. The smallest absolute Gasteiger partial charge is 0.225 e. The number of nitrogens with one attached hydrogen (secondary N) is 1. The quantitative estimate of drug-likeness (QED) is 0.796. The van der Waals surface area contributed by atoms with Gasteiger partial charge < -0.3 is 11.1 Å². The number of nitrogens with two attached hydrogens (primary N) is 1. The van der Waals surface area contributed by atoms with E-state index < -0.39 is 0 Å². The molecule has 0 aliphatic heterocycles. The minimum absolute atomic E-state index is 0.175. The molecular weight excluding hydrogens is 212 g/mol. The summed E-state index contributed by atoms with van der Waals surface area (Å²) < 4.78 is 0. The number of rotatable bonds is 3. The van der Waals surface area contributed by atoms with E-state index in [4.69, 9.17) is 5.73 Å². The fraction of sp³-hybridized carbons (Fsp3) is 0.929. The van der Waals surface area contributed by atoms with E-state index in [-0.39, 0.29) is 11.3 Å². The van der Waals surface area contributed by atoms with Crippen molar-refractivity contribution in [1.82, 2.24) is 5.32 Å². The van der Waals surface area contributed by atoms with Crippen LogP contribution in [0.15, 0.2) is 0 Å². The molecule has 0 aromatic rings. The van der Waals surface area contributed by atoms with Crippen molar-refractivity contribution in [2.75, 3.05) is 13.1 Å². The van der Waals surface area contributed by atoms with Crippen LogP contribution >= 0.6 is 0 Å². The van der Waals surface area contributed by atoms with Crippen molar-refractivity contribution >= 4 is 5.91 Å². The van der Waals surface area contributed by atoms with E-state index >= 15 is 0 Å². The van der Waals surface area contributed by atoms with Crippen LogP contribution in [-0.2, 0) is 4.79 Å². The Balaban J connectivity index is 2.55. The van der Waals surface area contributed by atoms with Crippen LogP contribution in [0.2, 0.25) is 0 Å². The average molecular weight is 240 g/mol. The third-order valence-corrected chi connectivity index (χ3v) is 4.14. The molecule has 1 aliphatic carbocycles. The highest BCUT2D eigenvalue weighted by atomic mass is 16.2. The fourth-order valence-corrected chi connectivity index (χ4v) is 2.79. The van der Waals surface area contributed by atoms with Gasteiger partial charge in [-0.3, -0.25) is 4.79 Å². The zero-order valence-corrected chi connectivity index (χ0v) is 11.6. The monoisotopic (exact) mass is 240 g/mol. The Bertz CT molecular complexity index is 249. The maximum absolute atomic E-state index is 12.1. The van der Waals surface area contributed by atoms with Gasteiger partial charge in [-0.05, 0) is 31.1 Å². The molecule has 0 aromatic heterocycles. The van der Waals surface area contributed by atoms with E-state index in [0.717, 1.165) is 25.7 Å². The molecular formula is C14H28N2O. The van der Waals surface area contributed by atoms with Gasteiger partial charge in [0.1, 0.15) is 0 Å². The van der Waals surface area contributed by atoms with Crippen LogP contribution in [-0.4, -0.2) is 19.0 Å². The largest absolute Gasteiger partial charge is 0.354 e. The first-order valence-electron chi connectivity index (χ1n) is 6.88. The van der Waals surface area contributed by atoms with Crippen molar-refractivity contribution in [3.8, 4) is 0 Å². The van der Waals surface area contributed by atoms with Crippen LogP contribution in [0.5, 0.6) is 0 Å². The summed E-state index contributed by atoms with van der Waals surface area (Å²) >= 11 is 0. The van der Waals surface area contributed by atoms with E-state index in [1.165, 1.54) is 12.8 Å². The predicted octanol–water partition coefficient (Wildman–Crippen LogP) is 2.45. The summed E-state index contributed by atoms with van der Waals surface area (Å²) in [5.74, 6) is 0.197. The Hall–Kier alpha value is -0.570. The topological polar surface area (TPSA) is 55.1 Å². The Labute approximate surface area is 106 Å². The van der Waals surface area contributed by atoms with Crippen molar-refractivity contribution in [2.24, 2.45) is 16.6 Å². The van der Waals surface area contributed by atoms with Crippen LogP contribution < -0.4 is 11.1 Å². The summed E-state index contributed by atoms with van der Waals surface area (Å²) in [6.07, 6.45) is 6.78. The van der Waals surface area contributed by atoms with Gasteiger partial charge >= 0.3 is 0 Å². The number of carbonyl (C=O) groups is 1. The first-order valence-corrected chi connectivity index (χ1v) is 6.88. The Morgan fingerprint density at radius 2 is 1.65 bits per heavy atom. The van der Waals surface area contributed by atoms with Crippen molar-refractivity contribution < 1.29 is 4.79 Å². The minimum Gasteiger partial charge on any atom is -0.354 e. The Morgan fingerprint density at radius 3 is 2.12 bits per heavy atom. The van der Waals surface area contributed by atoms with Gasteiger partial charge in [-0.15, -0.1) is 0 Å². The van der Waals surface area contributed by atoms with Crippen LogP contribution in [0.3, 0.4) is 0 Å². The van der Waals surface area contributed by atoms with E-state index in [1.807, 2.05) is 0 Å². The number of amides is 1. The number of carbonyl (C=O) groups excluding carboxylic acids is 1. The lowest BCUT2D eigenvalue weighted by atomic mass is 9.71. The highest BCUT2D eigenvalue weighted by Gasteiger charge is 2.35. The van der Waals surface area contributed by atoms with Crippen molar-refractivity contribution in [3.63, 3.8) is 0 Å². The zero-order valence-electron chi connectivity index (χ0n) is 11.6. The SMILES string of the molecule is CC1(C)CCCC(C)(C(=O)NCCN)CCC1. The maximum atomic E-state index is 12.1. The van der Waals surface area contributed by atoms with Crippen LogP contribution in [0.25, 0.3) is 0 Å². The first kappa shape index (κ1) is 14.5. The second-order valence-corrected chi connectivity index (χ2v) is 6.48. The van der Waals surface area contributed by atoms with Gasteiger partial charge in [-0.2, -0.15) is 0 Å². The summed E-state index contributed by atoms with van der Waals surface area (Å²) in [6, 6.07) is 0.